The fourth-order valence-corrected chi connectivity index (χ4v) is 2.97. The Hall–Kier alpha value is -2.69. The highest BCUT2D eigenvalue weighted by atomic mass is 16.5. The zero-order chi connectivity index (χ0) is 19.1. The topological polar surface area (TPSA) is 56.8 Å². The van der Waals surface area contributed by atoms with E-state index >= 15 is 0 Å². The van der Waals surface area contributed by atoms with Crippen molar-refractivity contribution in [1.82, 2.24) is 5.32 Å². The Morgan fingerprint density at radius 3 is 2.19 bits per heavy atom. The summed E-state index contributed by atoms with van der Waals surface area (Å²) in [7, 11) is 4.85. The maximum absolute atomic E-state index is 12.5. The Bertz CT molecular complexity index is 758. The van der Waals surface area contributed by atoms with Crippen LogP contribution >= 0.6 is 0 Å². The minimum Gasteiger partial charge on any atom is -0.496 e. The highest BCUT2D eigenvalue weighted by molar-refractivity contribution is 5.79. The molecule has 0 aliphatic carbocycles. The number of carbonyl (C=O) groups is 1. The average molecular weight is 357 g/mol. The van der Waals surface area contributed by atoms with Crippen molar-refractivity contribution in [3.63, 3.8) is 0 Å². The van der Waals surface area contributed by atoms with E-state index in [1.54, 1.807) is 21.3 Å². The van der Waals surface area contributed by atoms with Gasteiger partial charge in [0.1, 0.15) is 5.75 Å². The molecule has 0 saturated carbocycles. The minimum atomic E-state index is -0.0818. The van der Waals surface area contributed by atoms with Crippen LogP contribution in [0.25, 0.3) is 0 Å². The van der Waals surface area contributed by atoms with Gasteiger partial charge in [0.2, 0.25) is 5.91 Å². The predicted molar refractivity (Wildman–Crippen MR) is 102 cm³/mol. The van der Waals surface area contributed by atoms with Crippen LogP contribution < -0.4 is 19.5 Å². The van der Waals surface area contributed by atoms with E-state index in [9.17, 15) is 4.79 Å². The largest absolute Gasteiger partial charge is 0.496 e. The number of hydrogen-bond donors (Lipinski definition) is 1. The van der Waals surface area contributed by atoms with Gasteiger partial charge in [-0.15, -0.1) is 0 Å². The van der Waals surface area contributed by atoms with Gasteiger partial charge in [0.15, 0.2) is 11.5 Å². The molecule has 2 aromatic carbocycles. The molecule has 0 radical (unpaired) electrons. The lowest BCUT2D eigenvalue weighted by atomic mass is 10.0. The van der Waals surface area contributed by atoms with Gasteiger partial charge in [-0.05, 0) is 48.2 Å². The van der Waals surface area contributed by atoms with E-state index in [2.05, 4.69) is 5.32 Å². The Morgan fingerprint density at radius 1 is 0.962 bits per heavy atom. The quantitative estimate of drug-likeness (QED) is 0.780. The van der Waals surface area contributed by atoms with Crippen LogP contribution in [-0.4, -0.2) is 27.2 Å². The molecule has 1 unspecified atom stereocenters. The number of aryl methyl sites for hydroxylation is 1. The van der Waals surface area contributed by atoms with Gasteiger partial charge in [0.25, 0.3) is 0 Å². The second-order valence-corrected chi connectivity index (χ2v) is 6.12. The van der Waals surface area contributed by atoms with Gasteiger partial charge in [0, 0.05) is 0 Å². The summed E-state index contributed by atoms with van der Waals surface area (Å²) in [5, 5.41) is 3.10. The van der Waals surface area contributed by atoms with Crippen LogP contribution in [-0.2, 0) is 11.2 Å². The van der Waals surface area contributed by atoms with Crippen LogP contribution in [0.5, 0.6) is 17.2 Å². The summed E-state index contributed by atoms with van der Waals surface area (Å²) in [6.07, 6.45) is 1.11. The second kappa shape index (κ2) is 9.13. The van der Waals surface area contributed by atoms with Crippen molar-refractivity contribution >= 4 is 5.91 Å². The smallest absolute Gasteiger partial charge is 0.224 e. The fraction of sp³-hybridized carbons (Fsp3) is 0.381. The van der Waals surface area contributed by atoms with E-state index in [0.29, 0.717) is 17.9 Å². The first kappa shape index (κ1) is 19.6. The van der Waals surface area contributed by atoms with E-state index in [1.165, 1.54) is 0 Å². The lowest BCUT2D eigenvalue weighted by Crippen LogP contribution is -2.29. The number of methoxy groups -OCH3 is 3. The number of nitrogens with one attached hydrogen (secondary N) is 1. The molecule has 0 aromatic heterocycles. The molecule has 0 spiro atoms. The summed E-state index contributed by atoms with van der Waals surface area (Å²) in [6, 6.07) is 11.4. The molecular formula is C21H27NO4. The molecule has 26 heavy (non-hydrogen) atoms. The van der Waals surface area contributed by atoms with Gasteiger partial charge >= 0.3 is 0 Å². The van der Waals surface area contributed by atoms with Gasteiger partial charge in [0.05, 0.1) is 33.8 Å². The summed E-state index contributed by atoms with van der Waals surface area (Å²) in [5.41, 5.74) is 2.97. The van der Waals surface area contributed by atoms with E-state index in [4.69, 9.17) is 14.2 Å². The van der Waals surface area contributed by atoms with E-state index in [1.807, 2.05) is 50.2 Å². The van der Waals surface area contributed by atoms with Crippen molar-refractivity contribution < 1.29 is 19.0 Å². The molecule has 2 rings (SSSR count). The number of ether oxygens (including phenoxy) is 3. The van der Waals surface area contributed by atoms with E-state index in [-0.39, 0.29) is 11.9 Å². The maximum Gasteiger partial charge on any atom is 0.224 e. The van der Waals surface area contributed by atoms with Gasteiger partial charge in [-0.1, -0.05) is 25.1 Å². The standard InChI is InChI=1S/C21H27NO4/c1-6-17(16-8-10-19(25-4)20(13-16)26-5)22-21(23)12-15-7-9-18(24-3)14(2)11-15/h7-11,13,17H,6,12H2,1-5H3,(H,22,23). The third-order valence-electron chi connectivity index (χ3n) is 4.38. The molecule has 2 aromatic rings. The SMILES string of the molecule is CCC(NC(=O)Cc1ccc(OC)c(C)c1)c1ccc(OC)c(OC)c1. The Labute approximate surface area is 155 Å². The highest BCUT2D eigenvalue weighted by Gasteiger charge is 2.16. The maximum atomic E-state index is 12.5. The molecular weight excluding hydrogens is 330 g/mol. The third kappa shape index (κ3) is 4.69. The van der Waals surface area contributed by atoms with Crippen molar-refractivity contribution in [3.05, 3.63) is 53.1 Å². The summed E-state index contributed by atoms with van der Waals surface area (Å²) in [4.78, 5) is 12.5. The molecule has 0 fully saturated rings. The highest BCUT2D eigenvalue weighted by Crippen LogP contribution is 2.31. The predicted octanol–water partition coefficient (Wildman–Crippen LogP) is 3.83. The fourth-order valence-electron chi connectivity index (χ4n) is 2.97. The normalized spacial score (nSPS) is 11.6. The number of amides is 1. The first-order valence-electron chi connectivity index (χ1n) is 8.67. The molecule has 5 heteroatoms. The summed E-state index contributed by atoms with van der Waals surface area (Å²) in [5.74, 6) is 2.14. The minimum absolute atomic E-state index is 0.0174. The number of benzene rings is 2. The first-order valence-corrected chi connectivity index (χ1v) is 8.67. The number of rotatable bonds is 8. The van der Waals surface area contributed by atoms with Crippen LogP contribution in [0.4, 0.5) is 0 Å². The van der Waals surface area contributed by atoms with Gasteiger partial charge in [-0.25, -0.2) is 0 Å². The molecule has 140 valence electrons. The monoisotopic (exact) mass is 357 g/mol. The molecule has 1 amide bonds. The second-order valence-electron chi connectivity index (χ2n) is 6.12. The Kier molecular flexibility index (Phi) is 6.89. The van der Waals surface area contributed by atoms with Crippen molar-refractivity contribution in [1.29, 1.82) is 0 Å². The molecule has 0 heterocycles. The van der Waals surface area contributed by atoms with Crippen molar-refractivity contribution in [3.8, 4) is 17.2 Å². The first-order chi connectivity index (χ1) is 12.5. The van der Waals surface area contributed by atoms with Gasteiger partial charge in [-0.3, -0.25) is 4.79 Å². The lowest BCUT2D eigenvalue weighted by Gasteiger charge is -2.19. The van der Waals surface area contributed by atoms with E-state index < -0.39 is 0 Å². The average Bonchev–Trinajstić information content (AvgIpc) is 2.65. The number of hydrogen-bond acceptors (Lipinski definition) is 4. The molecule has 1 atom stereocenters. The van der Waals surface area contributed by atoms with Crippen molar-refractivity contribution in [2.75, 3.05) is 21.3 Å². The summed E-state index contributed by atoms with van der Waals surface area (Å²) < 4.78 is 15.9. The van der Waals surface area contributed by atoms with Crippen LogP contribution in [0.15, 0.2) is 36.4 Å². The molecule has 0 saturated heterocycles. The summed E-state index contributed by atoms with van der Waals surface area (Å²) in [6.45, 7) is 4.01. The molecule has 5 nitrogen and oxygen atoms in total. The van der Waals surface area contributed by atoms with E-state index in [0.717, 1.165) is 28.9 Å². The molecule has 1 N–H and O–H groups in total. The van der Waals surface area contributed by atoms with Crippen LogP contribution in [0.1, 0.15) is 36.1 Å². The molecule has 0 bridgehead atoms. The Balaban J connectivity index is 2.09. The van der Waals surface area contributed by atoms with Crippen LogP contribution in [0, 0.1) is 6.92 Å². The van der Waals surface area contributed by atoms with Crippen molar-refractivity contribution in [2.45, 2.75) is 32.7 Å². The zero-order valence-electron chi connectivity index (χ0n) is 16.1. The lowest BCUT2D eigenvalue weighted by molar-refractivity contribution is -0.121. The molecule has 0 aliphatic heterocycles. The number of carbonyl (C=O) groups excluding carboxylic acids is 1. The summed E-state index contributed by atoms with van der Waals surface area (Å²) >= 11 is 0. The van der Waals surface area contributed by atoms with Crippen molar-refractivity contribution in [2.24, 2.45) is 0 Å². The van der Waals surface area contributed by atoms with Gasteiger partial charge in [-0.2, -0.15) is 0 Å². The third-order valence-corrected chi connectivity index (χ3v) is 4.38. The Morgan fingerprint density at radius 2 is 1.62 bits per heavy atom. The molecule has 0 aliphatic rings. The van der Waals surface area contributed by atoms with Crippen LogP contribution in [0.2, 0.25) is 0 Å². The zero-order valence-corrected chi connectivity index (χ0v) is 16.1. The van der Waals surface area contributed by atoms with Gasteiger partial charge < -0.3 is 19.5 Å². The van der Waals surface area contributed by atoms with Crippen LogP contribution in [0.3, 0.4) is 0 Å².